The number of hydrogen-bond donors (Lipinski definition) is 2. The number of nitrogens with one attached hydrogen (secondary N) is 1. The highest BCUT2D eigenvalue weighted by molar-refractivity contribution is 6.04. The summed E-state index contributed by atoms with van der Waals surface area (Å²) in [6.07, 6.45) is 6.55. The van der Waals surface area contributed by atoms with E-state index in [2.05, 4.69) is 32.2 Å². The molecule has 0 spiro atoms. The highest BCUT2D eigenvalue weighted by Gasteiger charge is 2.24. The number of anilines is 1. The molecule has 0 aliphatic rings. The summed E-state index contributed by atoms with van der Waals surface area (Å²) >= 11 is 0. The van der Waals surface area contributed by atoms with E-state index in [1.807, 2.05) is 36.4 Å². The maximum Gasteiger partial charge on any atom is 0.267 e. The number of nitrogens with two attached hydrogens (primary N) is 1. The smallest absolute Gasteiger partial charge is 0.267 e. The van der Waals surface area contributed by atoms with Crippen LogP contribution in [-0.2, 0) is 0 Å². The van der Waals surface area contributed by atoms with Crippen LogP contribution in [0.15, 0.2) is 96.3 Å². The Hall–Kier alpha value is -5.82. The number of hydrogen-bond acceptors (Lipinski definition) is 7. The van der Waals surface area contributed by atoms with Gasteiger partial charge in [0.2, 0.25) is 0 Å². The standard InChI is InChI=1S/C30H22N8O2/c1-19(34-29(39)25-26(31)36-37-17-7-16-33-28(25)37)27-35-23-12-5-9-21(14-13-20-8-6-15-32-18-20)24(23)30(40)38(27)22-10-3-2-4-11-22/h2-12,15-19H,1H3,(H2,31,36)(H,34,39)/t19-/m1/s1. The van der Waals surface area contributed by atoms with Crippen LogP contribution in [0.1, 0.15) is 40.3 Å². The zero-order chi connectivity index (χ0) is 27.6. The molecule has 0 fully saturated rings. The molecular weight excluding hydrogens is 504 g/mol. The van der Waals surface area contributed by atoms with Crippen molar-refractivity contribution in [1.82, 2.24) is 34.4 Å². The van der Waals surface area contributed by atoms with Crippen molar-refractivity contribution in [2.24, 2.45) is 0 Å². The van der Waals surface area contributed by atoms with Crippen LogP contribution in [-0.4, -0.2) is 35.0 Å². The molecule has 0 aliphatic heterocycles. The van der Waals surface area contributed by atoms with Crippen LogP contribution >= 0.6 is 0 Å². The molecule has 0 radical (unpaired) electrons. The largest absolute Gasteiger partial charge is 0.381 e. The Morgan fingerprint density at radius 3 is 2.65 bits per heavy atom. The number of pyridine rings is 1. The highest BCUT2D eigenvalue weighted by atomic mass is 16.2. The summed E-state index contributed by atoms with van der Waals surface area (Å²) in [7, 11) is 0. The van der Waals surface area contributed by atoms with E-state index in [9.17, 15) is 9.59 Å². The molecule has 6 aromatic rings. The van der Waals surface area contributed by atoms with E-state index >= 15 is 0 Å². The predicted molar refractivity (Wildman–Crippen MR) is 151 cm³/mol. The van der Waals surface area contributed by atoms with E-state index in [1.54, 1.807) is 62.0 Å². The Bertz CT molecular complexity index is 2000. The SMILES string of the molecule is C[C@@H](NC(=O)c1c(N)nn2cccnc12)c1nc2cccc(C#Cc3cccnc3)c2c(=O)n1-c1ccccc1. The number of nitrogen functional groups attached to an aromatic ring is 1. The molecule has 0 aliphatic carbocycles. The van der Waals surface area contributed by atoms with Gasteiger partial charge in [-0.15, -0.1) is 5.10 Å². The first-order valence-corrected chi connectivity index (χ1v) is 12.4. The van der Waals surface area contributed by atoms with Crippen molar-refractivity contribution >= 4 is 28.3 Å². The maximum atomic E-state index is 14.1. The molecule has 194 valence electrons. The second-order valence-corrected chi connectivity index (χ2v) is 8.98. The third-order valence-electron chi connectivity index (χ3n) is 6.33. The topological polar surface area (TPSA) is 133 Å². The van der Waals surface area contributed by atoms with Crippen LogP contribution in [0.5, 0.6) is 0 Å². The highest BCUT2D eigenvalue weighted by Crippen LogP contribution is 2.22. The van der Waals surface area contributed by atoms with Crippen LogP contribution in [0, 0.1) is 11.8 Å². The van der Waals surface area contributed by atoms with Crippen LogP contribution < -0.4 is 16.6 Å². The lowest BCUT2D eigenvalue weighted by molar-refractivity contribution is 0.0940. The number of para-hydroxylation sites is 1. The van der Waals surface area contributed by atoms with Crippen molar-refractivity contribution in [3.8, 4) is 17.5 Å². The van der Waals surface area contributed by atoms with Gasteiger partial charge in [-0.05, 0) is 49.4 Å². The zero-order valence-corrected chi connectivity index (χ0v) is 21.3. The van der Waals surface area contributed by atoms with E-state index < -0.39 is 11.9 Å². The summed E-state index contributed by atoms with van der Waals surface area (Å²) in [5.41, 5.74) is 8.55. The van der Waals surface area contributed by atoms with Crippen molar-refractivity contribution in [2.45, 2.75) is 13.0 Å². The normalized spacial score (nSPS) is 11.6. The molecule has 3 N–H and O–H groups in total. The fraction of sp³-hybridized carbons (Fsp3) is 0.0667. The molecule has 0 unspecified atom stereocenters. The van der Waals surface area contributed by atoms with Gasteiger partial charge < -0.3 is 11.1 Å². The number of benzene rings is 2. The number of nitrogens with zero attached hydrogens (tertiary/aromatic N) is 6. The second-order valence-electron chi connectivity index (χ2n) is 8.98. The Balaban J connectivity index is 1.48. The quantitative estimate of drug-likeness (QED) is 0.337. The monoisotopic (exact) mass is 526 g/mol. The van der Waals surface area contributed by atoms with Gasteiger partial charge in [-0.3, -0.25) is 19.1 Å². The average molecular weight is 527 g/mol. The van der Waals surface area contributed by atoms with E-state index in [0.717, 1.165) is 5.56 Å². The minimum absolute atomic E-state index is 0.0483. The Kier molecular flexibility index (Phi) is 6.22. The fourth-order valence-electron chi connectivity index (χ4n) is 4.50. The van der Waals surface area contributed by atoms with Crippen molar-refractivity contribution in [3.05, 3.63) is 124 Å². The molecule has 4 aromatic heterocycles. The van der Waals surface area contributed by atoms with Crippen molar-refractivity contribution < 1.29 is 4.79 Å². The molecule has 1 amide bonds. The lowest BCUT2D eigenvalue weighted by Gasteiger charge is -2.20. The molecule has 2 aromatic carbocycles. The van der Waals surface area contributed by atoms with Gasteiger partial charge in [-0.25, -0.2) is 14.5 Å². The number of carbonyl (C=O) groups is 1. The number of rotatable bonds is 4. The van der Waals surface area contributed by atoms with Crippen molar-refractivity contribution in [3.63, 3.8) is 0 Å². The Labute approximate surface area is 228 Å². The molecule has 1 atom stereocenters. The van der Waals surface area contributed by atoms with Crippen molar-refractivity contribution in [2.75, 3.05) is 5.73 Å². The predicted octanol–water partition coefficient (Wildman–Crippen LogP) is 3.30. The number of fused-ring (bicyclic) bond motifs is 2. The molecule has 0 saturated carbocycles. The first-order chi connectivity index (χ1) is 19.5. The van der Waals surface area contributed by atoms with Gasteiger partial charge in [-0.1, -0.05) is 36.1 Å². The van der Waals surface area contributed by atoms with E-state index in [4.69, 9.17) is 10.7 Å². The molecule has 0 bridgehead atoms. The fourth-order valence-corrected chi connectivity index (χ4v) is 4.50. The van der Waals surface area contributed by atoms with Gasteiger partial charge in [0, 0.05) is 35.9 Å². The molecule has 40 heavy (non-hydrogen) atoms. The summed E-state index contributed by atoms with van der Waals surface area (Å²) in [6, 6.07) is 19.1. The van der Waals surface area contributed by atoms with Crippen LogP contribution in [0.2, 0.25) is 0 Å². The lowest BCUT2D eigenvalue weighted by Crippen LogP contribution is -2.33. The second kappa shape index (κ2) is 10.2. The van der Waals surface area contributed by atoms with Crippen LogP contribution in [0.3, 0.4) is 0 Å². The minimum atomic E-state index is -0.687. The zero-order valence-electron chi connectivity index (χ0n) is 21.3. The summed E-state index contributed by atoms with van der Waals surface area (Å²) in [5, 5.41) is 7.47. The number of aromatic nitrogens is 6. The lowest BCUT2D eigenvalue weighted by atomic mass is 10.1. The van der Waals surface area contributed by atoms with Gasteiger partial charge in [0.1, 0.15) is 11.4 Å². The van der Waals surface area contributed by atoms with E-state index in [0.29, 0.717) is 33.6 Å². The number of carbonyl (C=O) groups excluding carboxylic acids is 1. The first-order valence-electron chi connectivity index (χ1n) is 12.4. The van der Waals surface area contributed by atoms with Gasteiger partial charge >= 0.3 is 0 Å². The molecule has 6 rings (SSSR count). The summed E-state index contributed by atoms with van der Waals surface area (Å²) in [6.45, 7) is 1.76. The van der Waals surface area contributed by atoms with E-state index in [-0.39, 0.29) is 16.9 Å². The maximum absolute atomic E-state index is 14.1. The molecule has 10 nitrogen and oxygen atoms in total. The Morgan fingerprint density at radius 2 is 1.85 bits per heavy atom. The number of amides is 1. The first kappa shape index (κ1) is 24.5. The van der Waals surface area contributed by atoms with Gasteiger partial charge in [-0.2, -0.15) is 0 Å². The minimum Gasteiger partial charge on any atom is -0.381 e. The Morgan fingerprint density at radius 1 is 1.00 bits per heavy atom. The van der Waals surface area contributed by atoms with Crippen LogP contribution in [0.25, 0.3) is 22.2 Å². The van der Waals surface area contributed by atoms with Crippen molar-refractivity contribution in [1.29, 1.82) is 0 Å². The van der Waals surface area contributed by atoms with Gasteiger partial charge in [0.15, 0.2) is 11.5 Å². The third kappa shape index (κ3) is 4.41. The molecular formula is C30H22N8O2. The van der Waals surface area contributed by atoms with Gasteiger partial charge in [0.05, 0.1) is 22.6 Å². The summed E-state index contributed by atoms with van der Waals surface area (Å²) < 4.78 is 2.94. The third-order valence-corrected chi connectivity index (χ3v) is 6.33. The summed E-state index contributed by atoms with van der Waals surface area (Å²) in [5.74, 6) is 6.08. The molecule has 10 heteroatoms. The van der Waals surface area contributed by atoms with Crippen LogP contribution in [0.4, 0.5) is 5.82 Å². The van der Waals surface area contributed by atoms with Gasteiger partial charge in [0.25, 0.3) is 11.5 Å². The molecule has 4 heterocycles. The average Bonchev–Trinajstić information content (AvgIpc) is 3.32. The summed E-state index contributed by atoms with van der Waals surface area (Å²) in [4.78, 5) is 40.7. The molecule has 0 saturated heterocycles. The van der Waals surface area contributed by atoms with E-state index in [1.165, 1.54) is 9.08 Å².